The fraction of sp³-hybridized carbons (Fsp3) is 0.579. The van der Waals surface area contributed by atoms with Crippen molar-refractivity contribution in [1.82, 2.24) is 34.7 Å². The number of ether oxygens (including phenoxy) is 1. The molecule has 0 saturated carbocycles. The van der Waals surface area contributed by atoms with E-state index in [1.807, 2.05) is 4.90 Å². The molecule has 0 bridgehead atoms. The van der Waals surface area contributed by atoms with Gasteiger partial charge in [-0.2, -0.15) is 14.6 Å². The molecule has 11 nitrogen and oxygen atoms in total. The molecule has 1 saturated heterocycles. The number of nitrogens with one attached hydrogen (secondary N) is 2. The van der Waals surface area contributed by atoms with E-state index in [4.69, 9.17) is 4.74 Å². The van der Waals surface area contributed by atoms with Crippen LogP contribution < -0.4 is 10.1 Å². The van der Waals surface area contributed by atoms with E-state index in [0.29, 0.717) is 48.8 Å². The Morgan fingerprint density at radius 1 is 1.35 bits per heavy atom. The quantitative estimate of drug-likeness (QED) is 0.436. The molecule has 0 amide bonds. The Morgan fingerprint density at radius 2 is 2.19 bits per heavy atom. The van der Waals surface area contributed by atoms with Crippen LogP contribution in [0.3, 0.4) is 0 Å². The Balaban J connectivity index is 1.58. The number of rotatable bonds is 8. The van der Waals surface area contributed by atoms with Gasteiger partial charge in [-0.1, -0.05) is 20.8 Å². The fourth-order valence-electron chi connectivity index (χ4n) is 3.75. The molecule has 168 valence electrons. The lowest BCUT2D eigenvalue weighted by molar-refractivity contribution is 0.196. The topological polar surface area (TPSA) is 130 Å². The molecule has 0 aliphatic carbocycles. The highest BCUT2D eigenvalue weighted by Crippen LogP contribution is 2.29. The number of anilines is 1. The summed E-state index contributed by atoms with van der Waals surface area (Å²) in [4.78, 5) is 11.1. The maximum atomic E-state index is 11.0. The predicted molar refractivity (Wildman–Crippen MR) is 117 cm³/mol. The maximum absolute atomic E-state index is 11.0. The first-order valence-electron chi connectivity index (χ1n) is 10.4. The monoisotopic (exact) mass is 448 g/mol. The van der Waals surface area contributed by atoms with E-state index in [1.54, 1.807) is 23.1 Å². The second-order valence-electron chi connectivity index (χ2n) is 8.38. The first kappa shape index (κ1) is 21.5. The zero-order chi connectivity index (χ0) is 22.0. The van der Waals surface area contributed by atoms with Crippen LogP contribution in [-0.4, -0.2) is 74.7 Å². The highest BCUT2D eigenvalue weighted by Gasteiger charge is 2.27. The number of hydrogen-bond acceptors (Lipinski definition) is 9. The second-order valence-corrected chi connectivity index (χ2v) is 9.33. The molecule has 12 heteroatoms. The zero-order valence-corrected chi connectivity index (χ0v) is 18.7. The van der Waals surface area contributed by atoms with Crippen LogP contribution >= 0.6 is 0 Å². The van der Waals surface area contributed by atoms with Gasteiger partial charge in [-0.3, -0.25) is 10.00 Å². The first-order valence-corrected chi connectivity index (χ1v) is 11.8. The Kier molecular flexibility index (Phi) is 6.37. The summed E-state index contributed by atoms with van der Waals surface area (Å²) in [5.74, 6) is 1.73. The number of fused-ring (bicyclic) bond motifs is 1. The summed E-state index contributed by atoms with van der Waals surface area (Å²) in [6, 6.07) is 0.152. The molecule has 1 aliphatic heterocycles. The number of thiol groups is 1. The number of aromatic nitrogens is 6. The second kappa shape index (κ2) is 9.18. The summed E-state index contributed by atoms with van der Waals surface area (Å²) < 4.78 is 29.8. The summed E-state index contributed by atoms with van der Waals surface area (Å²) in [6.07, 6.45) is 5.93. The molecule has 2 N–H and O–H groups in total. The van der Waals surface area contributed by atoms with Crippen LogP contribution in [0.2, 0.25) is 0 Å². The maximum Gasteiger partial charge on any atom is 0.244 e. The van der Waals surface area contributed by atoms with Crippen molar-refractivity contribution in [3.05, 3.63) is 18.6 Å². The van der Waals surface area contributed by atoms with Crippen molar-refractivity contribution in [1.29, 1.82) is 0 Å². The van der Waals surface area contributed by atoms with Gasteiger partial charge in [0.15, 0.2) is 16.4 Å². The van der Waals surface area contributed by atoms with Crippen molar-refractivity contribution in [3.8, 4) is 17.1 Å². The van der Waals surface area contributed by atoms with E-state index in [1.165, 1.54) is 0 Å². The number of H-pyrrole nitrogens is 1. The van der Waals surface area contributed by atoms with Gasteiger partial charge in [-0.25, -0.2) is 13.4 Å². The van der Waals surface area contributed by atoms with Crippen molar-refractivity contribution >= 4 is 22.3 Å². The van der Waals surface area contributed by atoms with Crippen molar-refractivity contribution < 1.29 is 13.2 Å². The van der Waals surface area contributed by atoms with Gasteiger partial charge in [0.05, 0.1) is 24.9 Å². The average Bonchev–Trinajstić information content (AvgIpc) is 3.37. The lowest BCUT2D eigenvalue weighted by atomic mass is 9.94. The van der Waals surface area contributed by atoms with Gasteiger partial charge in [0.2, 0.25) is 11.8 Å². The molecule has 2 atom stereocenters. The molecular weight excluding hydrogens is 420 g/mol. The molecule has 3 aromatic rings. The molecule has 4 heterocycles. The van der Waals surface area contributed by atoms with Gasteiger partial charge >= 0.3 is 0 Å². The van der Waals surface area contributed by atoms with E-state index >= 15 is 0 Å². The molecule has 3 aromatic heterocycles. The van der Waals surface area contributed by atoms with E-state index in [-0.39, 0.29) is 17.8 Å². The zero-order valence-electron chi connectivity index (χ0n) is 17.9. The molecule has 4 rings (SSSR count). The lowest BCUT2D eigenvalue weighted by Gasteiger charge is -2.35. The standard InChI is InChI=1S/C19H28N8O3S/c1-12(2)10-30-18-17(14-6-21-22-7-14)20-8-16-24-19(25-27(16)18)23-15-4-5-26(9-13(15)3)11-31(28)29/h6-8,12-13,15,31H,4-5,9-11H2,1-3H3,(H,21,22)(H,23,25)/t13-,15+/m1/s1. The van der Waals surface area contributed by atoms with Crippen molar-refractivity contribution in [2.24, 2.45) is 11.8 Å². The Bertz CT molecular complexity index is 1090. The summed E-state index contributed by atoms with van der Waals surface area (Å²) in [5.41, 5.74) is 2.04. The van der Waals surface area contributed by atoms with E-state index in [0.717, 1.165) is 12.0 Å². The summed E-state index contributed by atoms with van der Waals surface area (Å²) in [5, 5.41) is 14.9. The van der Waals surface area contributed by atoms with Crippen molar-refractivity contribution in [2.75, 3.05) is 30.9 Å². The van der Waals surface area contributed by atoms with Gasteiger partial charge < -0.3 is 10.1 Å². The largest absolute Gasteiger partial charge is 0.476 e. The van der Waals surface area contributed by atoms with Crippen LogP contribution in [0.15, 0.2) is 18.6 Å². The van der Waals surface area contributed by atoms with Crippen LogP contribution in [0.1, 0.15) is 27.2 Å². The number of piperidine rings is 1. The Morgan fingerprint density at radius 3 is 2.87 bits per heavy atom. The molecular formula is C19H28N8O3S. The van der Waals surface area contributed by atoms with E-state index in [2.05, 4.69) is 51.4 Å². The molecule has 0 spiro atoms. The average molecular weight is 449 g/mol. The number of hydrogen-bond donors (Lipinski definition) is 3. The lowest BCUT2D eigenvalue weighted by Crippen LogP contribution is -2.45. The van der Waals surface area contributed by atoms with Crippen molar-refractivity contribution in [2.45, 2.75) is 33.2 Å². The third kappa shape index (κ3) is 4.96. The SMILES string of the molecule is CC(C)COc1c(-c2cn[nH]c2)ncc2nc(N[C@H]3CCN(C[SH](=O)=O)C[C@H]3C)nn12. The van der Waals surface area contributed by atoms with Gasteiger partial charge in [0.25, 0.3) is 0 Å². The normalized spacial score (nSPS) is 20.0. The summed E-state index contributed by atoms with van der Waals surface area (Å²) >= 11 is 0. The van der Waals surface area contributed by atoms with E-state index in [9.17, 15) is 8.42 Å². The highest BCUT2D eigenvalue weighted by atomic mass is 32.2. The minimum Gasteiger partial charge on any atom is -0.476 e. The third-order valence-electron chi connectivity index (χ3n) is 5.28. The summed E-state index contributed by atoms with van der Waals surface area (Å²) in [7, 11) is -2.40. The molecule has 0 unspecified atom stereocenters. The van der Waals surface area contributed by atoms with Crippen LogP contribution in [0, 0.1) is 11.8 Å². The highest BCUT2D eigenvalue weighted by molar-refractivity contribution is 7.72. The van der Waals surface area contributed by atoms with Crippen LogP contribution in [0.4, 0.5) is 5.95 Å². The minimum absolute atomic E-state index is 0.109. The molecule has 31 heavy (non-hydrogen) atoms. The Hall–Kier alpha value is -2.73. The minimum atomic E-state index is -2.40. The molecule has 1 fully saturated rings. The van der Waals surface area contributed by atoms with Crippen molar-refractivity contribution in [3.63, 3.8) is 0 Å². The molecule has 0 aromatic carbocycles. The smallest absolute Gasteiger partial charge is 0.244 e. The Labute approximate surface area is 182 Å². The first-order chi connectivity index (χ1) is 14.9. The summed E-state index contributed by atoms with van der Waals surface area (Å²) in [6.45, 7) is 8.21. The van der Waals surface area contributed by atoms with E-state index < -0.39 is 10.7 Å². The molecule has 1 aliphatic rings. The molecule has 0 radical (unpaired) electrons. The van der Waals surface area contributed by atoms with Gasteiger partial charge in [-0.15, -0.1) is 5.10 Å². The fourth-order valence-corrected chi connectivity index (χ4v) is 4.34. The van der Waals surface area contributed by atoms with Gasteiger partial charge in [0, 0.05) is 30.9 Å². The third-order valence-corrected chi connectivity index (χ3v) is 5.91. The van der Waals surface area contributed by atoms with Gasteiger partial charge in [-0.05, 0) is 18.3 Å². The van der Waals surface area contributed by atoms with Gasteiger partial charge in [0.1, 0.15) is 5.69 Å². The number of aromatic amines is 1. The van der Waals surface area contributed by atoms with Crippen LogP contribution in [0.25, 0.3) is 16.9 Å². The number of nitrogens with zero attached hydrogens (tertiary/aromatic N) is 6. The van der Waals surface area contributed by atoms with Crippen LogP contribution in [-0.2, 0) is 10.7 Å². The number of likely N-dealkylation sites (tertiary alicyclic amines) is 1. The van der Waals surface area contributed by atoms with Crippen LogP contribution in [0.5, 0.6) is 5.88 Å². The predicted octanol–water partition coefficient (Wildman–Crippen LogP) is 1.24.